The van der Waals surface area contributed by atoms with Crippen LogP contribution in [0.25, 0.3) is 0 Å². The van der Waals surface area contributed by atoms with Gasteiger partial charge in [-0.05, 0) is 50.9 Å². The van der Waals surface area contributed by atoms with Gasteiger partial charge in [0.15, 0.2) is 11.5 Å². The molecular weight excluding hydrogens is 266 g/mol. The second-order valence-corrected chi connectivity index (χ2v) is 5.71. The van der Waals surface area contributed by atoms with Crippen LogP contribution >= 0.6 is 0 Å². The highest BCUT2D eigenvalue weighted by atomic mass is 16.2. The number of hydrogen-bond acceptors (Lipinski definition) is 5. The van der Waals surface area contributed by atoms with Gasteiger partial charge < -0.3 is 15.1 Å². The van der Waals surface area contributed by atoms with Crippen molar-refractivity contribution in [3.63, 3.8) is 0 Å². The van der Waals surface area contributed by atoms with Crippen LogP contribution in [0.1, 0.15) is 30.3 Å². The lowest BCUT2D eigenvalue weighted by Crippen LogP contribution is -2.36. The third kappa shape index (κ3) is 4.14. The molecule has 0 spiro atoms. The summed E-state index contributed by atoms with van der Waals surface area (Å²) in [5.41, 5.74) is 0.390. The van der Waals surface area contributed by atoms with Gasteiger partial charge >= 0.3 is 0 Å². The van der Waals surface area contributed by atoms with Crippen molar-refractivity contribution >= 4 is 11.7 Å². The van der Waals surface area contributed by atoms with E-state index in [1.54, 1.807) is 20.2 Å². The molecule has 2 heterocycles. The van der Waals surface area contributed by atoms with E-state index in [9.17, 15) is 4.79 Å². The maximum absolute atomic E-state index is 11.8. The van der Waals surface area contributed by atoms with E-state index in [2.05, 4.69) is 27.3 Å². The molecule has 0 aliphatic carbocycles. The second-order valence-electron chi connectivity index (χ2n) is 5.71. The highest BCUT2D eigenvalue weighted by molar-refractivity contribution is 5.91. The minimum absolute atomic E-state index is 0.115. The number of piperidine rings is 1. The van der Waals surface area contributed by atoms with E-state index >= 15 is 0 Å². The van der Waals surface area contributed by atoms with Crippen molar-refractivity contribution in [3.8, 4) is 0 Å². The number of carbonyl (C=O) groups excluding carboxylic acids is 1. The molecule has 0 saturated carbocycles. The van der Waals surface area contributed by atoms with Gasteiger partial charge in [0, 0.05) is 27.2 Å². The van der Waals surface area contributed by atoms with Crippen LogP contribution < -0.4 is 10.2 Å². The molecule has 0 aromatic carbocycles. The average molecular weight is 291 g/mol. The summed E-state index contributed by atoms with van der Waals surface area (Å²) in [7, 11) is 3.43. The normalized spacial score (nSPS) is 15.8. The summed E-state index contributed by atoms with van der Waals surface area (Å²) in [5.74, 6) is 1.44. The standard InChI is InChI=1S/C15H25N5O/c1-4-20(11-12-7-9-16-10-8-12)14-6-5-13(17-18-14)15(21)19(2)3/h5-6,12,16H,4,7-11H2,1-3H3. The van der Waals surface area contributed by atoms with E-state index in [4.69, 9.17) is 0 Å². The second kappa shape index (κ2) is 7.36. The van der Waals surface area contributed by atoms with E-state index in [1.165, 1.54) is 17.7 Å². The first-order valence-corrected chi connectivity index (χ1v) is 7.63. The molecule has 2 rings (SSSR count). The molecule has 1 fully saturated rings. The van der Waals surface area contributed by atoms with Gasteiger partial charge in [-0.3, -0.25) is 4.79 Å². The Kier molecular flexibility index (Phi) is 5.50. The van der Waals surface area contributed by atoms with E-state index in [-0.39, 0.29) is 5.91 Å². The van der Waals surface area contributed by atoms with E-state index in [1.807, 2.05) is 6.07 Å². The van der Waals surface area contributed by atoms with Crippen LogP contribution in [-0.2, 0) is 0 Å². The highest BCUT2D eigenvalue weighted by Crippen LogP contribution is 2.17. The number of nitrogens with one attached hydrogen (secondary N) is 1. The molecule has 1 amide bonds. The number of rotatable bonds is 5. The molecular formula is C15H25N5O. The summed E-state index contributed by atoms with van der Waals surface area (Å²) in [5, 5.41) is 11.7. The third-order valence-electron chi connectivity index (χ3n) is 3.92. The summed E-state index contributed by atoms with van der Waals surface area (Å²) in [4.78, 5) is 15.6. The molecule has 0 bridgehead atoms. The van der Waals surface area contributed by atoms with Crippen LogP contribution in [0, 0.1) is 5.92 Å². The topological polar surface area (TPSA) is 61.4 Å². The van der Waals surface area contributed by atoms with E-state index in [0.717, 1.165) is 32.0 Å². The largest absolute Gasteiger partial charge is 0.355 e. The molecule has 1 N–H and O–H groups in total. The summed E-state index contributed by atoms with van der Waals surface area (Å²) in [6.07, 6.45) is 2.42. The lowest BCUT2D eigenvalue weighted by molar-refractivity contribution is 0.0821. The fraction of sp³-hybridized carbons (Fsp3) is 0.667. The fourth-order valence-corrected chi connectivity index (χ4v) is 2.60. The summed E-state index contributed by atoms with van der Waals surface area (Å²) >= 11 is 0. The summed E-state index contributed by atoms with van der Waals surface area (Å²) in [6.45, 7) is 6.24. The van der Waals surface area contributed by atoms with Gasteiger partial charge in [-0.15, -0.1) is 10.2 Å². The van der Waals surface area contributed by atoms with Crippen LogP contribution in [0.2, 0.25) is 0 Å². The van der Waals surface area contributed by atoms with Gasteiger partial charge in [0.05, 0.1) is 0 Å². The minimum Gasteiger partial charge on any atom is -0.355 e. The maximum Gasteiger partial charge on any atom is 0.273 e. The molecule has 6 heteroatoms. The molecule has 0 atom stereocenters. The predicted molar refractivity (Wildman–Crippen MR) is 83.5 cm³/mol. The number of aromatic nitrogens is 2. The first-order valence-electron chi connectivity index (χ1n) is 7.63. The molecule has 1 saturated heterocycles. The van der Waals surface area contributed by atoms with Crippen LogP contribution in [0.3, 0.4) is 0 Å². The number of hydrogen-bond donors (Lipinski definition) is 1. The van der Waals surface area contributed by atoms with Gasteiger partial charge in [0.25, 0.3) is 5.91 Å². The highest BCUT2D eigenvalue weighted by Gasteiger charge is 2.18. The van der Waals surface area contributed by atoms with Crippen molar-refractivity contribution in [2.24, 2.45) is 5.92 Å². The SMILES string of the molecule is CCN(CC1CCNCC1)c1ccc(C(=O)N(C)C)nn1. The van der Waals surface area contributed by atoms with Crippen LogP contribution in [0.4, 0.5) is 5.82 Å². The molecule has 116 valence electrons. The third-order valence-corrected chi connectivity index (χ3v) is 3.92. The lowest BCUT2D eigenvalue weighted by Gasteiger charge is -2.29. The van der Waals surface area contributed by atoms with Crippen LogP contribution in [-0.4, -0.2) is 61.3 Å². The lowest BCUT2D eigenvalue weighted by atomic mass is 9.97. The Morgan fingerprint density at radius 1 is 1.29 bits per heavy atom. The van der Waals surface area contributed by atoms with Crippen LogP contribution in [0.5, 0.6) is 0 Å². The molecule has 6 nitrogen and oxygen atoms in total. The Morgan fingerprint density at radius 3 is 2.52 bits per heavy atom. The Bertz CT molecular complexity index is 454. The Hall–Kier alpha value is -1.69. The molecule has 21 heavy (non-hydrogen) atoms. The fourth-order valence-electron chi connectivity index (χ4n) is 2.60. The first-order chi connectivity index (χ1) is 10.1. The van der Waals surface area contributed by atoms with Crippen molar-refractivity contribution in [1.82, 2.24) is 20.4 Å². The van der Waals surface area contributed by atoms with Gasteiger partial charge in [-0.1, -0.05) is 0 Å². The monoisotopic (exact) mass is 291 g/mol. The zero-order valence-corrected chi connectivity index (χ0v) is 13.2. The summed E-state index contributed by atoms with van der Waals surface area (Å²) < 4.78 is 0. The zero-order chi connectivity index (χ0) is 15.2. The van der Waals surface area contributed by atoms with Crippen molar-refractivity contribution in [3.05, 3.63) is 17.8 Å². The zero-order valence-electron chi connectivity index (χ0n) is 13.2. The maximum atomic E-state index is 11.8. The average Bonchev–Trinajstić information content (AvgIpc) is 2.53. The molecule has 0 unspecified atom stereocenters. The van der Waals surface area contributed by atoms with Crippen molar-refractivity contribution in [2.45, 2.75) is 19.8 Å². The van der Waals surface area contributed by atoms with Crippen molar-refractivity contribution in [2.75, 3.05) is 45.2 Å². The van der Waals surface area contributed by atoms with Crippen LogP contribution in [0.15, 0.2) is 12.1 Å². The Labute approximate surface area is 126 Å². The molecule has 1 aromatic rings. The van der Waals surface area contributed by atoms with Crippen molar-refractivity contribution < 1.29 is 4.79 Å². The smallest absolute Gasteiger partial charge is 0.273 e. The van der Waals surface area contributed by atoms with Gasteiger partial charge in [0.1, 0.15) is 0 Å². The van der Waals surface area contributed by atoms with Gasteiger partial charge in [-0.2, -0.15) is 0 Å². The number of amides is 1. The Balaban J connectivity index is 2.02. The van der Waals surface area contributed by atoms with E-state index in [0.29, 0.717) is 11.6 Å². The Morgan fingerprint density at radius 2 is 2.00 bits per heavy atom. The van der Waals surface area contributed by atoms with Crippen molar-refractivity contribution in [1.29, 1.82) is 0 Å². The van der Waals surface area contributed by atoms with Gasteiger partial charge in [0.2, 0.25) is 0 Å². The number of carbonyl (C=O) groups is 1. The minimum atomic E-state index is -0.115. The molecule has 0 radical (unpaired) electrons. The summed E-state index contributed by atoms with van der Waals surface area (Å²) in [6, 6.07) is 3.66. The molecule has 1 aliphatic rings. The predicted octanol–water partition coefficient (Wildman–Crippen LogP) is 1.00. The number of nitrogens with zero attached hydrogens (tertiary/aromatic N) is 4. The first kappa shape index (κ1) is 15.7. The molecule has 1 aromatic heterocycles. The molecule has 1 aliphatic heterocycles. The van der Waals surface area contributed by atoms with Gasteiger partial charge in [-0.25, -0.2) is 0 Å². The van der Waals surface area contributed by atoms with E-state index < -0.39 is 0 Å². The quantitative estimate of drug-likeness (QED) is 0.877. The number of anilines is 1.